The first kappa shape index (κ1) is 16.4. The minimum Gasteiger partial charge on any atom is -0.491 e. The third kappa shape index (κ3) is 9.26. The highest BCUT2D eigenvalue weighted by Gasteiger charge is 1.90. The van der Waals surface area contributed by atoms with Gasteiger partial charge in [0.1, 0.15) is 19.0 Å². The van der Waals surface area contributed by atoms with Gasteiger partial charge in [-0.1, -0.05) is 45.4 Å². The minimum atomic E-state index is -0.437. The molecule has 1 aromatic rings. The molecule has 0 saturated carbocycles. The number of ether oxygens (including phenoxy) is 1. The smallest absolute Gasteiger partial charge is 0.123 e. The second kappa shape index (κ2) is 12.9. The average Bonchev–Trinajstić information content (AvgIpc) is 2.34. The van der Waals surface area contributed by atoms with Crippen molar-refractivity contribution in [3.05, 3.63) is 29.8 Å². The van der Waals surface area contributed by atoms with Gasteiger partial charge in [-0.25, -0.2) is 4.39 Å². The molecule has 0 saturated heterocycles. The van der Waals surface area contributed by atoms with Crippen molar-refractivity contribution in [3.63, 3.8) is 0 Å². The van der Waals surface area contributed by atoms with Crippen LogP contribution in [0, 0.1) is 6.92 Å². The van der Waals surface area contributed by atoms with Crippen LogP contribution < -0.4 is 4.74 Å². The van der Waals surface area contributed by atoms with Crippen molar-refractivity contribution in [1.29, 1.82) is 0 Å². The van der Waals surface area contributed by atoms with Crippen molar-refractivity contribution < 1.29 is 9.13 Å². The first-order valence-corrected chi connectivity index (χ1v) is 5.58. The summed E-state index contributed by atoms with van der Waals surface area (Å²) in [6.07, 6.45) is 0. The van der Waals surface area contributed by atoms with Crippen molar-refractivity contribution in [2.75, 3.05) is 13.3 Å². The third-order valence-electron chi connectivity index (χ3n) is 1.37. The lowest BCUT2D eigenvalue weighted by Gasteiger charge is -2.02. The highest BCUT2D eigenvalue weighted by Crippen LogP contribution is 2.10. The zero-order valence-corrected chi connectivity index (χ0v) is 10.5. The number of halogens is 1. The molecule has 0 aromatic heterocycles. The zero-order chi connectivity index (χ0) is 12.1. The Balaban J connectivity index is 0. The fourth-order valence-electron chi connectivity index (χ4n) is 0.791. The van der Waals surface area contributed by atoms with Gasteiger partial charge in [0, 0.05) is 0 Å². The van der Waals surface area contributed by atoms with Crippen LogP contribution in [-0.2, 0) is 0 Å². The summed E-state index contributed by atoms with van der Waals surface area (Å²) in [5.41, 5.74) is 1.18. The molecule has 0 spiro atoms. The minimum absolute atomic E-state index is 0.142. The van der Waals surface area contributed by atoms with Crippen molar-refractivity contribution in [1.82, 2.24) is 0 Å². The fourth-order valence-corrected chi connectivity index (χ4v) is 0.791. The van der Waals surface area contributed by atoms with E-state index in [0.717, 1.165) is 5.75 Å². The summed E-state index contributed by atoms with van der Waals surface area (Å²) in [6.45, 7) is 9.70. The molecule has 0 bridgehead atoms. The van der Waals surface area contributed by atoms with Crippen molar-refractivity contribution in [3.8, 4) is 5.75 Å². The molecular weight excluding hydrogens is 191 g/mol. The number of benzene rings is 1. The predicted molar refractivity (Wildman–Crippen MR) is 65.3 cm³/mol. The summed E-state index contributed by atoms with van der Waals surface area (Å²) >= 11 is 0. The van der Waals surface area contributed by atoms with Crippen molar-refractivity contribution >= 4 is 0 Å². The fraction of sp³-hybridized carbons (Fsp3) is 0.538. The molecule has 88 valence electrons. The summed E-state index contributed by atoms with van der Waals surface area (Å²) < 4.78 is 16.7. The molecule has 0 atom stereocenters. The Morgan fingerprint density at radius 1 is 1.00 bits per heavy atom. The summed E-state index contributed by atoms with van der Waals surface area (Å²) in [6, 6.07) is 7.55. The van der Waals surface area contributed by atoms with E-state index in [9.17, 15) is 4.39 Å². The highest BCUT2D eigenvalue weighted by atomic mass is 19.1. The van der Waals surface area contributed by atoms with Crippen LogP contribution in [0.15, 0.2) is 24.3 Å². The second-order valence-electron chi connectivity index (χ2n) is 2.35. The summed E-state index contributed by atoms with van der Waals surface area (Å²) in [7, 11) is 0. The second-order valence-corrected chi connectivity index (χ2v) is 2.35. The average molecular weight is 214 g/mol. The van der Waals surface area contributed by atoms with Gasteiger partial charge >= 0.3 is 0 Å². The molecule has 0 heterocycles. The standard InChI is InChI=1S/C9H11FO.2C2H6/c1-8-2-4-9(5-3-8)11-7-6-10;2*1-2/h2-5H,6-7H2,1H3;2*1-2H3. The molecule has 0 radical (unpaired) electrons. The van der Waals surface area contributed by atoms with Crippen molar-refractivity contribution in [2.45, 2.75) is 34.6 Å². The lowest BCUT2D eigenvalue weighted by molar-refractivity contribution is 0.273. The van der Waals surface area contributed by atoms with Crippen LogP contribution >= 0.6 is 0 Å². The largest absolute Gasteiger partial charge is 0.491 e. The van der Waals surface area contributed by atoms with Gasteiger partial charge in [-0.3, -0.25) is 0 Å². The van der Waals surface area contributed by atoms with E-state index in [4.69, 9.17) is 4.74 Å². The number of alkyl halides is 1. The lowest BCUT2D eigenvalue weighted by atomic mass is 10.2. The first-order valence-electron chi connectivity index (χ1n) is 5.58. The zero-order valence-electron chi connectivity index (χ0n) is 10.5. The maximum Gasteiger partial charge on any atom is 0.123 e. The first-order chi connectivity index (χ1) is 7.33. The molecule has 0 fully saturated rings. The van der Waals surface area contributed by atoms with E-state index >= 15 is 0 Å². The molecule has 0 aliphatic heterocycles. The SMILES string of the molecule is CC.CC.Cc1ccc(OCCF)cc1. The van der Waals surface area contributed by atoms with Gasteiger partial charge < -0.3 is 4.74 Å². The van der Waals surface area contributed by atoms with Gasteiger partial charge in [-0.05, 0) is 19.1 Å². The molecule has 0 aliphatic carbocycles. The van der Waals surface area contributed by atoms with Crippen LogP contribution in [0.3, 0.4) is 0 Å². The summed E-state index contributed by atoms with van der Waals surface area (Å²) in [4.78, 5) is 0. The Bertz CT molecular complexity index is 206. The number of aryl methyl sites for hydroxylation is 1. The van der Waals surface area contributed by atoms with E-state index in [1.54, 1.807) is 0 Å². The molecule has 1 aromatic carbocycles. The maximum atomic E-state index is 11.6. The Morgan fingerprint density at radius 3 is 1.87 bits per heavy atom. The van der Waals surface area contributed by atoms with Gasteiger partial charge in [0.15, 0.2) is 0 Å². The highest BCUT2D eigenvalue weighted by molar-refractivity contribution is 5.26. The van der Waals surface area contributed by atoms with Crippen LogP contribution in [0.1, 0.15) is 33.3 Å². The van der Waals surface area contributed by atoms with Gasteiger partial charge in [-0.2, -0.15) is 0 Å². The molecule has 0 unspecified atom stereocenters. The predicted octanol–water partition coefficient (Wildman–Crippen LogP) is 4.40. The quantitative estimate of drug-likeness (QED) is 0.724. The molecular formula is C13H23FO. The topological polar surface area (TPSA) is 9.23 Å². The lowest BCUT2D eigenvalue weighted by Crippen LogP contribution is -1.97. The molecule has 1 nitrogen and oxygen atoms in total. The Morgan fingerprint density at radius 2 is 1.47 bits per heavy atom. The molecule has 15 heavy (non-hydrogen) atoms. The van der Waals surface area contributed by atoms with Crippen molar-refractivity contribution in [2.24, 2.45) is 0 Å². The van der Waals surface area contributed by atoms with E-state index in [0.29, 0.717) is 0 Å². The normalized spacial score (nSPS) is 7.87. The van der Waals surface area contributed by atoms with Gasteiger partial charge in [0.05, 0.1) is 0 Å². The summed E-state index contributed by atoms with van der Waals surface area (Å²) in [5, 5.41) is 0. The third-order valence-corrected chi connectivity index (χ3v) is 1.37. The maximum absolute atomic E-state index is 11.6. The monoisotopic (exact) mass is 214 g/mol. The van der Waals surface area contributed by atoms with E-state index in [-0.39, 0.29) is 6.61 Å². The van der Waals surface area contributed by atoms with E-state index in [1.807, 2.05) is 58.9 Å². The molecule has 0 amide bonds. The Labute approximate surface area is 93.3 Å². The van der Waals surface area contributed by atoms with Crippen LogP contribution in [0.4, 0.5) is 4.39 Å². The van der Waals surface area contributed by atoms with Crippen LogP contribution in [-0.4, -0.2) is 13.3 Å². The van der Waals surface area contributed by atoms with E-state index in [1.165, 1.54) is 5.56 Å². The Kier molecular flexibility index (Phi) is 14.1. The van der Waals surface area contributed by atoms with E-state index < -0.39 is 6.67 Å². The van der Waals surface area contributed by atoms with Crippen LogP contribution in [0.25, 0.3) is 0 Å². The number of hydrogen-bond donors (Lipinski definition) is 0. The van der Waals surface area contributed by atoms with Gasteiger partial charge in [-0.15, -0.1) is 0 Å². The molecule has 2 heteroatoms. The molecule has 0 N–H and O–H groups in total. The van der Waals surface area contributed by atoms with E-state index in [2.05, 4.69) is 0 Å². The van der Waals surface area contributed by atoms with Crippen LogP contribution in [0.2, 0.25) is 0 Å². The number of rotatable bonds is 3. The van der Waals surface area contributed by atoms with Crippen LogP contribution in [0.5, 0.6) is 5.75 Å². The van der Waals surface area contributed by atoms with Gasteiger partial charge in [0.25, 0.3) is 0 Å². The Hall–Kier alpha value is -1.05. The van der Waals surface area contributed by atoms with Gasteiger partial charge in [0.2, 0.25) is 0 Å². The summed E-state index contributed by atoms with van der Waals surface area (Å²) in [5.74, 6) is 0.730. The molecule has 1 rings (SSSR count). The molecule has 0 aliphatic rings. The number of hydrogen-bond acceptors (Lipinski definition) is 1.